The predicted octanol–water partition coefficient (Wildman–Crippen LogP) is 0.951. The van der Waals surface area contributed by atoms with Crippen molar-refractivity contribution in [2.75, 3.05) is 5.88 Å². The summed E-state index contributed by atoms with van der Waals surface area (Å²) in [5.41, 5.74) is 0. The molecule has 0 saturated heterocycles. The number of rotatable bonds is 9. The molecule has 0 atom stereocenters. The Morgan fingerprint density at radius 3 is 1.26 bits per heavy atom. The molecule has 0 aromatic rings. The SMILES string of the molecule is CCCl.Cl.Cl.[CH2-]CCCCCCCCCCC.[H-].[Na+].[Na+]. The van der Waals surface area contributed by atoms with Crippen LogP contribution < -0.4 is 59.1 Å². The standard InChI is InChI=1S/C12H25.C2H5Cl.2ClH.2Na.H/c1-3-5-7-9-11-12-10-8-6-4-2;1-2-3;;;;;/h1,3-12H2,2H3;2H2,1H3;2*1H;;;/q-1;;;;2*+1;-1. The number of unbranched alkanes of at least 4 members (excludes halogenated alkanes) is 9. The maximum Gasteiger partial charge on any atom is 1.00 e. The molecule has 0 unspecified atom stereocenters. The minimum Gasteiger partial charge on any atom is -1.00 e. The van der Waals surface area contributed by atoms with Gasteiger partial charge in [0.05, 0.1) is 0 Å². The fraction of sp³-hybridized carbons (Fsp3) is 0.929. The first-order chi connectivity index (χ1) is 7.33. The van der Waals surface area contributed by atoms with Crippen LogP contribution in [0.1, 0.15) is 79.5 Å². The smallest absolute Gasteiger partial charge is 1.00 e. The maximum atomic E-state index is 5.00. The van der Waals surface area contributed by atoms with E-state index in [-0.39, 0.29) is 85.4 Å². The summed E-state index contributed by atoms with van der Waals surface area (Å²) in [6.07, 6.45) is 13.9. The van der Waals surface area contributed by atoms with Crippen molar-refractivity contribution in [3.63, 3.8) is 0 Å². The third-order valence-corrected chi connectivity index (χ3v) is 2.35. The molecule has 0 radical (unpaired) electrons. The van der Waals surface area contributed by atoms with E-state index in [9.17, 15) is 0 Å². The van der Waals surface area contributed by atoms with Gasteiger partial charge in [-0.1, -0.05) is 71.6 Å². The van der Waals surface area contributed by atoms with Crippen LogP contribution >= 0.6 is 36.4 Å². The summed E-state index contributed by atoms with van der Waals surface area (Å²) >= 11 is 5.00. The van der Waals surface area contributed by atoms with Gasteiger partial charge in [-0.3, -0.25) is 0 Å². The zero-order valence-electron chi connectivity index (χ0n) is 14.7. The van der Waals surface area contributed by atoms with Gasteiger partial charge in [0, 0.05) is 5.88 Å². The summed E-state index contributed by atoms with van der Waals surface area (Å²) < 4.78 is 0. The van der Waals surface area contributed by atoms with Crippen LogP contribution in [0.15, 0.2) is 0 Å². The Bertz CT molecular complexity index is 92.5. The van der Waals surface area contributed by atoms with Crippen LogP contribution in [0.5, 0.6) is 0 Å². The first-order valence-corrected chi connectivity index (χ1v) is 7.22. The Morgan fingerprint density at radius 2 is 1.00 bits per heavy atom. The van der Waals surface area contributed by atoms with Crippen LogP contribution in [0.4, 0.5) is 0 Å². The molecule has 0 N–H and O–H groups in total. The number of alkyl halides is 1. The van der Waals surface area contributed by atoms with Crippen molar-refractivity contribution in [2.45, 2.75) is 78.1 Å². The zero-order chi connectivity index (χ0) is 11.8. The summed E-state index contributed by atoms with van der Waals surface area (Å²) in [6, 6.07) is 0. The number of hydrogen-bond donors (Lipinski definition) is 0. The van der Waals surface area contributed by atoms with Gasteiger partial charge in [-0.15, -0.1) is 36.4 Å². The Kier molecular flexibility index (Phi) is 85.3. The van der Waals surface area contributed by atoms with E-state index in [1.54, 1.807) is 0 Å². The summed E-state index contributed by atoms with van der Waals surface area (Å²) in [5.74, 6) is 0.722. The normalized spacial score (nSPS) is 7.58. The summed E-state index contributed by atoms with van der Waals surface area (Å²) in [4.78, 5) is 0. The van der Waals surface area contributed by atoms with Gasteiger partial charge >= 0.3 is 59.1 Å². The average molecular weight is 354 g/mol. The van der Waals surface area contributed by atoms with Crippen molar-refractivity contribution in [1.82, 2.24) is 0 Å². The predicted molar refractivity (Wildman–Crippen MR) is 89.2 cm³/mol. The van der Waals surface area contributed by atoms with E-state index < -0.39 is 0 Å². The van der Waals surface area contributed by atoms with Crippen molar-refractivity contribution >= 4 is 36.4 Å². The molecule has 0 heterocycles. The molecule has 0 saturated carbocycles. The molecule has 0 aromatic carbocycles. The fourth-order valence-electron chi connectivity index (χ4n) is 1.49. The average Bonchev–Trinajstić information content (AvgIpc) is 2.23. The molecule has 0 fully saturated rings. The van der Waals surface area contributed by atoms with E-state index in [0.29, 0.717) is 0 Å². The van der Waals surface area contributed by atoms with Gasteiger partial charge in [-0.2, -0.15) is 6.42 Å². The second-order valence-corrected chi connectivity index (χ2v) is 4.48. The van der Waals surface area contributed by atoms with E-state index in [0.717, 1.165) is 12.3 Å². The summed E-state index contributed by atoms with van der Waals surface area (Å²) in [5, 5.41) is 0. The van der Waals surface area contributed by atoms with Crippen LogP contribution in [0.2, 0.25) is 0 Å². The fourth-order valence-corrected chi connectivity index (χ4v) is 1.49. The van der Waals surface area contributed by atoms with Gasteiger partial charge in [0.2, 0.25) is 0 Å². The molecule has 0 aliphatic heterocycles. The molecule has 0 aliphatic rings. The van der Waals surface area contributed by atoms with Gasteiger partial charge in [-0.05, 0) is 0 Å². The Balaban J connectivity index is -0.0000000388. The topological polar surface area (TPSA) is 0 Å². The van der Waals surface area contributed by atoms with E-state index in [4.69, 9.17) is 11.6 Å². The molecule has 0 amide bonds. The van der Waals surface area contributed by atoms with Gasteiger partial charge < -0.3 is 8.35 Å². The van der Waals surface area contributed by atoms with Crippen LogP contribution in [0.25, 0.3) is 0 Å². The van der Waals surface area contributed by atoms with E-state index in [1.165, 1.54) is 57.8 Å². The number of halogens is 3. The monoisotopic (exact) mass is 352 g/mol. The van der Waals surface area contributed by atoms with Crippen molar-refractivity contribution < 1.29 is 60.5 Å². The molecule has 0 rings (SSSR count). The van der Waals surface area contributed by atoms with Gasteiger partial charge in [0.1, 0.15) is 0 Å². The van der Waals surface area contributed by atoms with Crippen LogP contribution in [0.3, 0.4) is 0 Å². The van der Waals surface area contributed by atoms with Gasteiger partial charge in [-0.25, -0.2) is 0 Å². The molecule has 0 bridgehead atoms. The van der Waals surface area contributed by atoms with Crippen molar-refractivity contribution in [3.05, 3.63) is 6.92 Å². The second-order valence-electron chi connectivity index (χ2n) is 3.95. The van der Waals surface area contributed by atoms with Crippen LogP contribution in [-0.4, -0.2) is 5.88 Å². The van der Waals surface area contributed by atoms with E-state index in [1.807, 2.05) is 6.92 Å². The zero-order valence-corrected chi connectivity index (χ0v) is 20.1. The molecule has 19 heavy (non-hydrogen) atoms. The van der Waals surface area contributed by atoms with Crippen molar-refractivity contribution in [2.24, 2.45) is 0 Å². The molecule has 0 aromatic heterocycles. The summed E-state index contributed by atoms with van der Waals surface area (Å²) in [7, 11) is 0. The van der Waals surface area contributed by atoms with E-state index in [2.05, 4.69) is 13.8 Å². The Labute approximate surface area is 185 Å². The molecule has 0 nitrogen and oxygen atoms in total. The third kappa shape index (κ3) is 52.7. The molecular formula is C14H33Cl3Na2. The first kappa shape index (κ1) is 37.8. The van der Waals surface area contributed by atoms with Crippen molar-refractivity contribution in [1.29, 1.82) is 0 Å². The second kappa shape index (κ2) is 42.8. The Hall–Kier alpha value is 2.87. The largest absolute Gasteiger partial charge is 1.00 e. The molecule has 112 valence electrons. The van der Waals surface area contributed by atoms with Crippen LogP contribution in [0, 0.1) is 6.92 Å². The van der Waals surface area contributed by atoms with Crippen molar-refractivity contribution in [3.8, 4) is 0 Å². The van der Waals surface area contributed by atoms with Gasteiger partial charge in [0.25, 0.3) is 0 Å². The molecule has 5 heteroatoms. The number of hydrogen-bond acceptors (Lipinski definition) is 0. The minimum atomic E-state index is 0. The molecule has 0 spiro atoms. The minimum absolute atomic E-state index is 0. The third-order valence-electron chi connectivity index (χ3n) is 2.35. The Morgan fingerprint density at radius 1 is 0.737 bits per heavy atom. The van der Waals surface area contributed by atoms with E-state index >= 15 is 0 Å². The summed E-state index contributed by atoms with van der Waals surface area (Å²) in [6.45, 7) is 8.01. The quantitative estimate of drug-likeness (QED) is 0.251. The first-order valence-electron chi connectivity index (χ1n) is 6.68. The van der Waals surface area contributed by atoms with Crippen LogP contribution in [-0.2, 0) is 0 Å². The van der Waals surface area contributed by atoms with Gasteiger partial charge in [0.15, 0.2) is 0 Å². The maximum absolute atomic E-state index is 5.00. The molecule has 0 aliphatic carbocycles. The molecular weight excluding hydrogens is 320 g/mol.